The molecule has 1 atom stereocenters. The Kier molecular flexibility index (Phi) is 4.99. The highest BCUT2D eigenvalue weighted by molar-refractivity contribution is 5.84. The lowest BCUT2D eigenvalue weighted by Crippen LogP contribution is -2.52. The SMILES string of the molecule is C[C@H](Nc1ccc(F)cc1)C(=O)N1CCN(c2ccccc2)CC1. The highest BCUT2D eigenvalue weighted by atomic mass is 19.1. The number of carbonyl (C=O) groups excluding carboxylic acids is 1. The molecule has 0 radical (unpaired) electrons. The number of nitrogens with one attached hydrogen (secondary N) is 1. The largest absolute Gasteiger partial charge is 0.374 e. The average Bonchev–Trinajstić information content (AvgIpc) is 2.64. The van der Waals surface area contributed by atoms with Crippen LogP contribution in [0.3, 0.4) is 0 Å². The maximum atomic E-state index is 12.9. The minimum absolute atomic E-state index is 0.0760. The van der Waals surface area contributed by atoms with E-state index in [9.17, 15) is 9.18 Å². The molecule has 3 rings (SSSR count). The molecule has 0 spiro atoms. The molecule has 2 aromatic rings. The summed E-state index contributed by atoms with van der Waals surface area (Å²) in [5.41, 5.74) is 1.95. The fourth-order valence-electron chi connectivity index (χ4n) is 2.96. The van der Waals surface area contributed by atoms with E-state index in [0.717, 1.165) is 18.8 Å². The Labute approximate surface area is 141 Å². The lowest BCUT2D eigenvalue weighted by molar-refractivity contribution is -0.131. The number of hydrogen-bond donors (Lipinski definition) is 1. The van der Waals surface area contributed by atoms with E-state index in [0.29, 0.717) is 13.1 Å². The first-order valence-corrected chi connectivity index (χ1v) is 8.24. The lowest BCUT2D eigenvalue weighted by Gasteiger charge is -2.37. The fraction of sp³-hybridized carbons (Fsp3) is 0.316. The van der Waals surface area contributed by atoms with Gasteiger partial charge in [0.15, 0.2) is 0 Å². The van der Waals surface area contributed by atoms with Gasteiger partial charge in [-0.05, 0) is 43.3 Å². The van der Waals surface area contributed by atoms with Crippen LogP contribution < -0.4 is 10.2 Å². The van der Waals surface area contributed by atoms with Crippen LogP contribution in [0.25, 0.3) is 0 Å². The summed E-state index contributed by atoms with van der Waals surface area (Å²) in [6.07, 6.45) is 0. The number of hydrogen-bond acceptors (Lipinski definition) is 3. The van der Waals surface area contributed by atoms with Crippen molar-refractivity contribution < 1.29 is 9.18 Å². The van der Waals surface area contributed by atoms with Crippen LogP contribution in [0.2, 0.25) is 0 Å². The van der Waals surface area contributed by atoms with E-state index in [1.54, 1.807) is 12.1 Å². The van der Waals surface area contributed by atoms with Crippen molar-refractivity contribution in [2.24, 2.45) is 0 Å². The summed E-state index contributed by atoms with van der Waals surface area (Å²) < 4.78 is 12.9. The van der Waals surface area contributed by atoms with E-state index < -0.39 is 0 Å². The topological polar surface area (TPSA) is 35.6 Å². The molecular formula is C19H22FN3O. The third-order valence-corrected chi connectivity index (χ3v) is 4.31. The lowest BCUT2D eigenvalue weighted by atomic mass is 10.2. The molecule has 0 aliphatic carbocycles. The fourth-order valence-corrected chi connectivity index (χ4v) is 2.96. The minimum atomic E-state index is -0.335. The van der Waals surface area contributed by atoms with Gasteiger partial charge in [-0.15, -0.1) is 0 Å². The van der Waals surface area contributed by atoms with Gasteiger partial charge in [0.1, 0.15) is 11.9 Å². The molecule has 2 aromatic carbocycles. The van der Waals surface area contributed by atoms with Crippen LogP contribution in [0.5, 0.6) is 0 Å². The van der Waals surface area contributed by atoms with Gasteiger partial charge in [0.05, 0.1) is 0 Å². The van der Waals surface area contributed by atoms with Crippen molar-refractivity contribution >= 4 is 17.3 Å². The number of nitrogens with zero attached hydrogens (tertiary/aromatic N) is 2. The van der Waals surface area contributed by atoms with Gasteiger partial charge in [-0.2, -0.15) is 0 Å². The maximum Gasteiger partial charge on any atom is 0.244 e. The second-order valence-corrected chi connectivity index (χ2v) is 6.02. The van der Waals surface area contributed by atoms with Crippen molar-refractivity contribution in [1.82, 2.24) is 4.90 Å². The van der Waals surface area contributed by atoms with Crippen molar-refractivity contribution in [1.29, 1.82) is 0 Å². The maximum absolute atomic E-state index is 12.9. The summed E-state index contributed by atoms with van der Waals surface area (Å²) in [6, 6.07) is 16.0. The molecule has 1 aliphatic rings. The number of para-hydroxylation sites is 1. The molecule has 5 heteroatoms. The molecule has 126 valence electrons. The molecule has 1 heterocycles. The quantitative estimate of drug-likeness (QED) is 0.938. The van der Waals surface area contributed by atoms with Crippen molar-refractivity contribution in [3.8, 4) is 0 Å². The highest BCUT2D eigenvalue weighted by Crippen LogP contribution is 2.17. The van der Waals surface area contributed by atoms with E-state index in [-0.39, 0.29) is 17.8 Å². The zero-order chi connectivity index (χ0) is 16.9. The van der Waals surface area contributed by atoms with Gasteiger partial charge in [0, 0.05) is 37.6 Å². The predicted molar refractivity (Wildman–Crippen MR) is 94.7 cm³/mol. The van der Waals surface area contributed by atoms with Crippen molar-refractivity contribution in [3.05, 3.63) is 60.4 Å². The molecule has 1 aliphatic heterocycles. The highest BCUT2D eigenvalue weighted by Gasteiger charge is 2.24. The summed E-state index contributed by atoms with van der Waals surface area (Å²) in [5.74, 6) is -0.205. The van der Waals surface area contributed by atoms with Crippen molar-refractivity contribution in [2.75, 3.05) is 36.4 Å². The molecule has 1 fully saturated rings. The first-order chi connectivity index (χ1) is 11.6. The Morgan fingerprint density at radius 3 is 2.25 bits per heavy atom. The summed E-state index contributed by atoms with van der Waals surface area (Å²) in [6.45, 7) is 4.93. The second kappa shape index (κ2) is 7.34. The Balaban J connectivity index is 1.53. The standard InChI is InChI=1S/C19H22FN3O/c1-15(21-17-9-7-16(20)8-10-17)19(24)23-13-11-22(12-14-23)18-5-3-2-4-6-18/h2-10,15,21H,11-14H2,1H3/t15-/m0/s1. The van der Waals surface area contributed by atoms with E-state index in [1.165, 1.54) is 17.8 Å². The smallest absolute Gasteiger partial charge is 0.244 e. The zero-order valence-corrected chi connectivity index (χ0v) is 13.8. The monoisotopic (exact) mass is 327 g/mol. The summed E-state index contributed by atoms with van der Waals surface area (Å²) >= 11 is 0. The number of benzene rings is 2. The van der Waals surface area contributed by atoms with Gasteiger partial charge >= 0.3 is 0 Å². The first kappa shape index (κ1) is 16.3. The Hall–Kier alpha value is -2.56. The van der Waals surface area contributed by atoms with Gasteiger partial charge in [-0.3, -0.25) is 4.79 Å². The third kappa shape index (κ3) is 3.85. The van der Waals surface area contributed by atoms with Gasteiger partial charge in [0.2, 0.25) is 5.91 Å². The Bertz CT molecular complexity index is 667. The molecule has 0 saturated carbocycles. The van der Waals surface area contributed by atoms with Crippen LogP contribution in [0.1, 0.15) is 6.92 Å². The normalized spacial score (nSPS) is 15.9. The zero-order valence-electron chi connectivity index (χ0n) is 13.8. The summed E-state index contributed by atoms with van der Waals surface area (Å²) in [5, 5.41) is 3.14. The molecule has 0 bridgehead atoms. The van der Waals surface area contributed by atoms with E-state index in [4.69, 9.17) is 0 Å². The first-order valence-electron chi connectivity index (χ1n) is 8.24. The number of anilines is 2. The summed E-state index contributed by atoms with van der Waals surface area (Å²) in [7, 11) is 0. The molecule has 0 unspecified atom stereocenters. The van der Waals surface area contributed by atoms with Crippen LogP contribution >= 0.6 is 0 Å². The average molecular weight is 327 g/mol. The van der Waals surface area contributed by atoms with E-state index in [1.807, 2.05) is 30.0 Å². The third-order valence-electron chi connectivity index (χ3n) is 4.31. The van der Waals surface area contributed by atoms with Crippen LogP contribution in [0.4, 0.5) is 15.8 Å². The van der Waals surface area contributed by atoms with Crippen molar-refractivity contribution in [2.45, 2.75) is 13.0 Å². The number of carbonyl (C=O) groups is 1. The molecular weight excluding hydrogens is 305 g/mol. The van der Waals surface area contributed by atoms with Gasteiger partial charge in [-0.25, -0.2) is 4.39 Å². The van der Waals surface area contributed by atoms with Crippen LogP contribution in [0, 0.1) is 5.82 Å². The van der Waals surface area contributed by atoms with E-state index in [2.05, 4.69) is 22.3 Å². The second-order valence-electron chi connectivity index (χ2n) is 6.02. The minimum Gasteiger partial charge on any atom is -0.374 e. The molecule has 1 N–H and O–H groups in total. The Morgan fingerprint density at radius 1 is 1.00 bits per heavy atom. The molecule has 4 nitrogen and oxygen atoms in total. The number of amides is 1. The number of piperazine rings is 1. The molecule has 0 aromatic heterocycles. The predicted octanol–water partition coefficient (Wildman–Crippen LogP) is 2.97. The van der Waals surface area contributed by atoms with Crippen molar-refractivity contribution in [3.63, 3.8) is 0 Å². The van der Waals surface area contributed by atoms with Crippen LogP contribution in [0.15, 0.2) is 54.6 Å². The molecule has 1 saturated heterocycles. The van der Waals surface area contributed by atoms with Gasteiger partial charge < -0.3 is 15.1 Å². The number of halogens is 1. The summed E-state index contributed by atoms with van der Waals surface area (Å²) in [4.78, 5) is 16.8. The Morgan fingerprint density at radius 2 is 1.62 bits per heavy atom. The molecule has 24 heavy (non-hydrogen) atoms. The molecule has 1 amide bonds. The van der Waals surface area contributed by atoms with Crippen LogP contribution in [-0.2, 0) is 4.79 Å². The van der Waals surface area contributed by atoms with Crippen LogP contribution in [-0.4, -0.2) is 43.0 Å². The van der Waals surface area contributed by atoms with Gasteiger partial charge in [0.25, 0.3) is 0 Å². The van der Waals surface area contributed by atoms with Gasteiger partial charge in [-0.1, -0.05) is 18.2 Å². The number of rotatable bonds is 4. The van der Waals surface area contributed by atoms with E-state index >= 15 is 0 Å².